The summed E-state index contributed by atoms with van der Waals surface area (Å²) < 4.78 is 5.44. The second kappa shape index (κ2) is 7.01. The molecule has 0 heterocycles. The summed E-state index contributed by atoms with van der Waals surface area (Å²) in [6.45, 7) is 0. The molecule has 0 aromatic rings. The molecule has 2 fully saturated rings. The van der Waals surface area contributed by atoms with E-state index in [0.717, 1.165) is 17.3 Å². The fourth-order valence-electron chi connectivity index (χ4n) is 3.34. The minimum absolute atomic E-state index is 0.524. The lowest BCUT2D eigenvalue weighted by molar-refractivity contribution is 0.0605. The molecule has 2 aliphatic carbocycles. The van der Waals surface area contributed by atoms with Crippen LogP contribution in [0.2, 0.25) is 0 Å². The molecule has 100 valence electrons. The van der Waals surface area contributed by atoms with Crippen molar-refractivity contribution in [3.05, 3.63) is 0 Å². The van der Waals surface area contributed by atoms with Crippen molar-refractivity contribution < 1.29 is 4.74 Å². The number of hydrogen-bond acceptors (Lipinski definition) is 3. The molecule has 2 nitrogen and oxygen atoms in total. The van der Waals surface area contributed by atoms with Crippen LogP contribution in [0.3, 0.4) is 0 Å². The normalized spacial score (nSPS) is 39.2. The molecule has 0 amide bonds. The van der Waals surface area contributed by atoms with Crippen molar-refractivity contribution in [2.45, 2.75) is 74.8 Å². The lowest BCUT2D eigenvalue weighted by Gasteiger charge is -2.36. The van der Waals surface area contributed by atoms with E-state index < -0.39 is 0 Å². The molecule has 2 rings (SSSR count). The Labute approximate surface area is 110 Å². The zero-order valence-electron chi connectivity index (χ0n) is 11.3. The van der Waals surface area contributed by atoms with E-state index in [-0.39, 0.29) is 0 Å². The maximum atomic E-state index is 5.44. The van der Waals surface area contributed by atoms with Gasteiger partial charge in [0.1, 0.15) is 0 Å². The van der Waals surface area contributed by atoms with Gasteiger partial charge in [-0.3, -0.25) is 0 Å². The molecule has 3 heteroatoms. The fourth-order valence-corrected chi connectivity index (χ4v) is 4.28. The molecule has 0 saturated heterocycles. The Morgan fingerprint density at radius 3 is 2.35 bits per heavy atom. The molecule has 0 aromatic heterocycles. The monoisotopic (exact) mass is 257 g/mol. The van der Waals surface area contributed by atoms with Crippen LogP contribution in [0.25, 0.3) is 0 Å². The molecule has 2 aliphatic rings. The number of hydrogen-bond donors (Lipinski definition) is 1. The van der Waals surface area contributed by atoms with Crippen molar-refractivity contribution >= 4 is 11.8 Å². The van der Waals surface area contributed by atoms with E-state index in [9.17, 15) is 0 Å². The molecule has 0 aliphatic heterocycles. The Bertz CT molecular complexity index is 216. The van der Waals surface area contributed by atoms with E-state index in [2.05, 4.69) is 23.3 Å². The Hall–Kier alpha value is 0.270. The van der Waals surface area contributed by atoms with Gasteiger partial charge in [0, 0.05) is 24.4 Å². The van der Waals surface area contributed by atoms with Crippen LogP contribution in [-0.2, 0) is 4.74 Å². The maximum Gasteiger partial charge on any atom is 0.0572 e. The Kier molecular flexibility index (Phi) is 5.64. The highest BCUT2D eigenvalue weighted by atomic mass is 32.2. The first kappa shape index (κ1) is 13.7. The average Bonchev–Trinajstić information content (AvgIpc) is 2.40. The van der Waals surface area contributed by atoms with Crippen LogP contribution < -0.4 is 5.32 Å². The molecule has 1 N–H and O–H groups in total. The fraction of sp³-hybridized carbons (Fsp3) is 1.00. The van der Waals surface area contributed by atoms with Crippen LogP contribution in [0.15, 0.2) is 0 Å². The van der Waals surface area contributed by atoms with Gasteiger partial charge in [0.05, 0.1) is 6.10 Å². The van der Waals surface area contributed by atoms with E-state index >= 15 is 0 Å². The predicted molar refractivity (Wildman–Crippen MR) is 75.7 cm³/mol. The van der Waals surface area contributed by atoms with Crippen LogP contribution in [0.1, 0.15) is 51.4 Å². The Morgan fingerprint density at radius 1 is 1.00 bits per heavy atom. The zero-order valence-corrected chi connectivity index (χ0v) is 12.1. The number of thioether (sulfide) groups is 1. The second-order valence-corrected chi connectivity index (χ2v) is 6.62. The average molecular weight is 257 g/mol. The summed E-state index contributed by atoms with van der Waals surface area (Å²) in [5.41, 5.74) is 0. The summed E-state index contributed by atoms with van der Waals surface area (Å²) >= 11 is 2.06. The Balaban J connectivity index is 1.76. The van der Waals surface area contributed by atoms with Crippen molar-refractivity contribution in [1.29, 1.82) is 0 Å². The van der Waals surface area contributed by atoms with E-state index in [1.807, 2.05) is 7.11 Å². The molecule has 0 spiro atoms. The van der Waals surface area contributed by atoms with Gasteiger partial charge in [-0.2, -0.15) is 11.8 Å². The molecule has 2 saturated carbocycles. The summed E-state index contributed by atoms with van der Waals surface area (Å²) in [6.07, 6.45) is 13.5. The summed E-state index contributed by atoms with van der Waals surface area (Å²) in [5.74, 6) is 0. The van der Waals surface area contributed by atoms with Crippen LogP contribution in [0.4, 0.5) is 0 Å². The smallest absolute Gasteiger partial charge is 0.0572 e. The minimum atomic E-state index is 0.524. The quantitative estimate of drug-likeness (QED) is 0.835. The summed E-state index contributed by atoms with van der Waals surface area (Å²) in [5, 5.41) is 4.78. The lowest BCUT2D eigenvalue weighted by Crippen LogP contribution is -2.47. The van der Waals surface area contributed by atoms with Gasteiger partial charge in [-0.25, -0.2) is 0 Å². The molecule has 2 atom stereocenters. The van der Waals surface area contributed by atoms with Gasteiger partial charge in [-0.15, -0.1) is 0 Å². The molecular formula is C14H27NOS. The molecular weight excluding hydrogens is 230 g/mol. The van der Waals surface area contributed by atoms with Gasteiger partial charge >= 0.3 is 0 Å². The van der Waals surface area contributed by atoms with Crippen molar-refractivity contribution in [1.82, 2.24) is 5.32 Å². The van der Waals surface area contributed by atoms with Crippen molar-refractivity contribution in [3.63, 3.8) is 0 Å². The predicted octanol–water partition coefficient (Wildman–Crippen LogP) is 3.21. The van der Waals surface area contributed by atoms with Gasteiger partial charge in [0.15, 0.2) is 0 Å². The van der Waals surface area contributed by atoms with E-state index in [4.69, 9.17) is 4.74 Å². The van der Waals surface area contributed by atoms with E-state index in [0.29, 0.717) is 6.10 Å². The maximum absolute atomic E-state index is 5.44. The van der Waals surface area contributed by atoms with Crippen LogP contribution in [0.5, 0.6) is 0 Å². The van der Waals surface area contributed by atoms with E-state index in [1.165, 1.54) is 51.4 Å². The highest BCUT2D eigenvalue weighted by Gasteiger charge is 2.28. The molecule has 2 unspecified atom stereocenters. The van der Waals surface area contributed by atoms with Crippen LogP contribution in [0, 0.1) is 0 Å². The molecule has 0 bridgehead atoms. The largest absolute Gasteiger partial charge is 0.381 e. The van der Waals surface area contributed by atoms with Gasteiger partial charge in [-0.05, 0) is 44.8 Å². The standard InChI is InChI=1S/C14H27NOS/c1-16-12-9-7-11(8-10-12)15-13-5-3-4-6-14(13)17-2/h11-15H,3-10H2,1-2H3. The third-order valence-corrected chi connectivity index (χ3v) is 5.63. The zero-order chi connectivity index (χ0) is 12.1. The number of methoxy groups -OCH3 is 1. The van der Waals surface area contributed by atoms with Gasteiger partial charge < -0.3 is 10.1 Å². The minimum Gasteiger partial charge on any atom is -0.381 e. The highest BCUT2D eigenvalue weighted by molar-refractivity contribution is 7.99. The Morgan fingerprint density at radius 2 is 1.71 bits per heavy atom. The lowest BCUT2D eigenvalue weighted by atomic mass is 9.89. The van der Waals surface area contributed by atoms with Crippen molar-refractivity contribution in [2.24, 2.45) is 0 Å². The second-order valence-electron chi connectivity index (χ2n) is 5.54. The highest BCUT2D eigenvalue weighted by Crippen LogP contribution is 2.29. The van der Waals surface area contributed by atoms with Gasteiger partial charge in [0.25, 0.3) is 0 Å². The van der Waals surface area contributed by atoms with Crippen LogP contribution in [-0.4, -0.2) is 36.8 Å². The molecule has 17 heavy (non-hydrogen) atoms. The van der Waals surface area contributed by atoms with E-state index in [1.54, 1.807) is 0 Å². The topological polar surface area (TPSA) is 21.3 Å². The number of rotatable bonds is 4. The van der Waals surface area contributed by atoms with Gasteiger partial charge in [-0.1, -0.05) is 12.8 Å². The van der Waals surface area contributed by atoms with Gasteiger partial charge in [0.2, 0.25) is 0 Å². The summed E-state index contributed by atoms with van der Waals surface area (Å²) in [6, 6.07) is 1.52. The first-order valence-electron chi connectivity index (χ1n) is 7.15. The number of ether oxygens (including phenoxy) is 1. The SMILES string of the molecule is COC1CCC(NC2CCCCC2SC)CC1. The third kappa shape index (κ3) is 3.87. The van der Waals surface area contributed by atoms with Crippen molar-refractivity contribution in [3.8, 4) is 0 Å². The van der Waals surface area contributed by atoms with Crippen LogP contribution >= 0.6 is 11.8 Å². The summed E-state index contributed by atoms with van der Waals surface area (Å²) in [7, 11) is 1.85. The first-order chi connectivity index (χ1) is 8.33. The molecule has 0 radical (unpaired) electrons. The van der Waals surface area contributed by atoms with Crippen molar-refractivity contribution in [2.75, 3.05) is 13.4 Å². The first-order valence-corrected chi connectivity index (χ1v) is 8.44. The number of nitrogens with one attached hydrogen (secondary N) is 1. The third-order valence-electron chi connectivity index (χ3n) is 4.46. The summed E-state index contributed by atoms with van der Waals surface area (Å²) in [4.78, 5) is 0. The molecule has 0 aromatic carbocycles.